The molecule has 9 heteroatoms. The van der Waals surface area contributed by atoms with E-state index >= 15 is 0 Å². The third-order valence-corrected chi connectivity index (χ3v) is 7.29. The highest BCUT2D eigenvalue weighted by atomic mass is 32.1. The van der Waals surface area contributed by atoms with Crippen molar-refractivity contribution in [3.05, 3.63) is 108 Å². The zero-order chi connectivity index (χ0) is 28.1. The van der Waals surface area contributed by atoms with Crippen molar-refractivity contribution in [3.8, 4) is 11.3 Å². The van der Waals surface area contributed by atoms with Gasteiger partial charge in [-0.05, 0) is 66.7 Å². The number of hydrogen-bond donors (Lipinski definition) is 2. The summed E-state index contributed by atoms with van der Waals surface area (Å²) in [5.74, 6) is 0.758. The molecular formula is C31H30N4O4S. The number of carbonyl (C=O) groups is 2. The van der Waals surface area contributed by atoms with Gasteiger partial charge in [-0.3, -0.25) is 9.78 Å². The van der Waals surface area contributed by atoms with Crippen LogP contribution in [0.15, 0.2) is 89.5 Å². The molecule has 0 unspecified atom stereocenters. The van der Waals surface area contributed by atoms with Gasteiger partial charge in [-0.1, -0.05) is 43.3 Å². The first-order valence-corrected chi connectivity index (χ1v) is 13.5. The molecule has 1 aliphatic rings. The molecule has 1 amide bonds. The van der Waals surface area contributed by atoms with Crippen LogP contribution in [0.3, 0.4) is 0 Å². The summed E-state index contributed by atoms with van der Waals surface area (Å²) in [6.45, 7) is 2.44. The molecule has 0 spiro atoms. The molecular weight excluding hydrogens is 524 g/mol. The Bertz CT molecular complexity index is 1520. The second-order valence-electron chi connectivity index (χ2n) is 9.40. The summed E-state index contributed by atoms with van der Waals surface area (Å²) in [7, 11) is 1.35. The molecule has 0 saturated carbocycles. The number of aryl methyl sites for hydroxylation is 1. The minimum absolute atomic E-state index is 0.0940. The van der Waals surface area contributed by atoms with Crippen LogP contribution in [-0.2, 0) is 16.0 Å². The van der Waals surface area contributed by atoms with E-state index in [4.69, 9.17) is 21.4 Å². The van der Waals surface area contributed by atoms with Crippen LogP contribution in [-0.4, -0.2) is 40.5 Å². The standard InChI is InChI=1S/C31H30N4O4S/c1-3-20-9-4-5-12-23(20)33-27(36)16-18-35-29(28(34-31(35)40)24-13-6-7-17-32-24)26-15-14-25(39-26)21-10-8-11-22(19-21)30(37)38-2/h4-15,17,19,28-29H,3,16,18H2,1-2H3,(H,33,36)(H,34,40)/t28-,29-/m1/s1. The number of carbonyl (C=O) groups excluding carboxylic acids is 2. The second kappa shape index (κ2) is 12.1. The molecule has 4 aromatic rings. The largest absolute Gasteiger partial charge is 0.465 e. The fraction of sp³-hybridized carbons (Fsp3) is 0.226. The van der Waals surface area contributed by atoms with Crippen LogP contribution in [0.4, 0.5) is 5.69 Å². The quantitative estimate of drug-likeness (QED) is 0.201. The van der Waals surface area contributed by atoms with E-state index in [1.807, 2.05) is 65.6 Å². The molecule has 2 atom stereocenters. The summed E-state index contributed by atoms with van der Waals surface area (Å²) < 4.78 is 11.2. The Kier molecular flexibility index (Phi) is 8.21. The fourth-order valence-corrected chi connectivity index (χ4v) is 5.26. The summed E-state index contributed by atoms with van der Waals surface area (Å²) in [4.78, 5) is 31.6. The van der Waals surface area contributed by atoms with E-state index in [1.54, 1.807) is 24.4 Å². The SMILES string of the molecule is CCc1ccccc1NC(=O)CCN1C(=S)N[C@H](c2ccccn2)[C@H]1c1ccc(-c2cccc(C(=O)OC)c2)o1. The predicted octanol–water partition coefficient (Wildman–Crippen LogP) is 5.69. The van der Waals surface area contributed by atoms with Gasteiger partial charge in [0.1, 0.15) is 17.6 Å². The van der Waals surface area contributed by atoms with Gasteiger partial charge < -0.3 is 24.7 Å². The molecule has 2 aromatic carbocycles. The molecule has 40 heavy (non-hydrogen) atoms. The number of methoxy groups -OCH3 is 1. The highest BCUT2D eigenvalue weighted by molar-refractivity contribution is 7.80. The number of amides is 1. The number of ether oxygens (including phenoxy) is 1. The van der Waals surface area contributed by atoms with E-state index in [2.05, 4.69) is 22.5 Å². The molecule has 1 fully saturated rings. The number of thiocarbonyl (C=S) groups is 1. The monoisotopic (exact) mass is 554 g/mol. The van der Waals surface area contributed by atoms with E-state index in [0.29, 0.717) is 28.7 Å². The Balaban J connectivity index is 1.40. The summed E-state index contributed by atoms with van der Waals surface area (Å²) in [6.07, 6.45) is 2.80. The van der Waals surface area contributed by atoms with Gasteiger partial charge in [0, 0.05) is 30.4 Å². The zero-order valence-corrected chi connectivity index (χ0v) is 23.1. The van der Waals surface area contributed by atoms with Gasteiger partial charge in [0.25, 0.3) is 0 Å². The summed E-state index contributed by atoms with van der Waals surface area (Å²) >= 11 is 5.74. The van der Waals surface area contributed by atoms with Gasteiger partial charge in [0.15, 0.2) is 5.11 Å². The first kappa shape index (κ1) is 27.1. The number of anilines is 1. The van der Waals surface area contributed by atoms with Gasteiger partial charge in [-0.15, -0.1) is 0 Å². The smallest absolute Gasteiger partial charge is 0.337 e. The van der Waals surface area contributed by atoms with Gasteiger partial charge in [0.2, 0.25) is 5.91 Å². The third-order valence-electron chi connectivity index (χ3n) is 6.94. The van der Waals surface area contributed by atoms with Gasteiger partial charge in [0.05, 0.1) is 24.4 Å². The Morgan fingerprint density at radius 1 is 1.07 bits per heavy atom. The first-order valence-electron chi connectivity index (χ1n) is 13.1. The number of esters is 1. The Morgan fingerprint density at radius 3 is 2.67 bits per heavy atom. The average Bonchev–Trinajstić information content (AvgIpc) is 3.61. The van der Waals surface area contributed by atoms with E-state index in [1.165, 1.54) is 7.11 Å². The predicted molar refractivity (Wildman–Crippen MR) is 157 cm³/mol. The lowest BCUT2D eigenvalue weighted by Gasteiger charge is -2.26. The maximum Gasteiger partial charge on any atom is 0.337 e. The molecule has 0 aliphatic carbocycles. The number of furan rings is 1. The number of aromatic nitrogens is 1. The lowest BCUT2D eigenvalue weighted by atomic mass is 10.0. The van der Waals surface area contributed by atoms with E-state index in [0.717, 1.165) is 28.9 Å². The second-order valence-corrected chi connectivity index (χ2v) is 9.79. The summed E-state index contributed by atoms with van der Waals surface area (Å²) in [6, 6.07) is 23.8. The number of pyridine rings is 1. The van der Waals surface area contributed by atoms with E-state index in [-0.39, 0.29) is 24.4 Å². The van der Waals surface area contributed by atoms with Crippen molar-refractivity contribution in [3.63, 3.8) is 0 Å². The maximum absolute atomic E-state index is 13.0. The minimum atomic E-state index is -0.416. The van der Waals surface area contributed by atoms with Crippen LogP contribution in [0.25, 0.3) is 11.3 Å². The van der Waals surface area contributed by atoms with Crippen LogP contribution in [0.5, 0.6) is 0 Å². The number of para-hydroxylation sites is 1. The van der Waals surface area contributed by atoms with Crippen LogP contribution in [0, 0.1) is 0 Å². The van der Waals surface area contributed by atoms with Crippen molar-refractivity contribution in [1.29, 1.82) is 0 Å². The molecule has 204 valence electrons. The lowest BCUT2D eigenvalue weighted by Crippen LogP contribution is -2.32. The van der Waals surface area contributed by atoms with Crippen LogP contribution >= 0.6 is 12.2 Å². The summed E-state index contributed by atoms with van der Waals surface area (Å²) in [5.41, 5.74) is 3.90. The van der Waals surface area contributed by atoms with Crippen molar-refractivity contribution < 1.29 is 18.7 Å². The van der Waals surface area contributed by atoms with Gasteiger partial charge >= 0.3 is 5.97 Å². The molecule has 2 N–H and O–H groups in total. The van der Waals surface area contributed by atoms with E-state index in [9.17, 15) is 9.59 Å². The van der Waals surface area contributed by atoms with Gasteiger partial charge in [-0.2, -0.15) is 0 Å². The number of rotatable bonds is 9. The van der Waals surface area contributed by atoms with Crippen molar-refractivity contribution in [2.75, 3.05) is 19.0 Å². The zero-order valence-electron chi connectivity index (χ0n) is 22.3. The Labute approximate surface area is 238 Å². The lowest BCUT2D eigenvalue weighted by molar-refractivity contribution is -0.116. The molecule has 1 saturated heterocycles. The van der Waals surface area contributed by atoms with Crippen LogP contribution in [0.2, 0.25) is 0 Å². The highest BCUT2D eigenvalue weighted by Gasteiger charge is 2.41. The minimum Gasteiger partial charge on any atom is -0.465 e. The molecule has 5 rings (SSSR count). The number of benzene rings is 2. The van der Waals surface area contributed by atoms with Crippen LogP contribution < -0.4 is 10.6 Å². The van der Waals surface area contributed by atoms with Gasteiger partial charge in [-0.25, -0.2) is 4.79 Å². The molecule has 0 radical (unpaired) electrons. The summed E-state index contributed by atoms with van der Waals surface area (Å²) in [5, 5.41) is 6.94. The average molecular weight is 555 g/mol. The van der Waals surface area contributed by atoms with Crippen molar-refractivity contribution in [1.82, 2.24) is 15.2 Å². The van der Waals surface area contributed by atoms with Crippen molar-refractivity contribution in [2.45, 2.75) is 31.8 Å². The molecule has 0 bridgehead atoms. The number of hydrogen-bond acceptors (Lipinski definition) is 6. The highest BCUT2D eigenvalue weighted by Crippen LogP contribution is 2.40. The number of nitrogens with one attached hydrogen (secondary N) is 2. The van der Waals surface area contributed by atoms with Crippen molar-refractivity contribution in [2.24, 2.45) is 0 Å². The Hall–Kier alpha value is -4.50. The normalized spacial score (nSPS) is 16.4. The molecule has 2 aromatic heterocycles. The Morgan fingerprint density at radius 2 is 1.90 bits per heavy atom. The maximum atomic E-state index is 13.0. The van der Waals surface area contributed by atoms with Crippen LogP contribution in [0.1, 0.15) is 52.8 Å². The fourth-order valence-electron chi connectivity index (χ4n) is 4.92. The first-order chi connectivity index (χ1) is 19.5. The number of nitrogens with zero attached hydrogens (tertiary/aromatic N) is 2. The topological polar surface area (TPSA) is 96.7 Å². The molecule has 3 heterocycles. The van der Waals surface area contributed by atoms with E-state index < -0.39 is 5.97 Å². The third kappa shape index (κ3) is 5.74. The molecule has 8 nitrogen and oxygen atoms in total. The molecule has 1 aliphatic heterocycles. The van der Waals surface area contributed by atoms with Crippen molar-refractivity contribution >= 4 is 34.9 Å².